The highest BCUT2D eigenvalue weighted by Gasteiger charge is 2.50. The summed E-state index contributed by atoms with van der Waals surface area (Å²) >= 11 is 0. The number of carbonyl (C=O) groups excluding carboxylic acids is 2. The van der Waals surface area contributed by atoms with Gasteiger partial charge in [0.25, 0.3) is 5.56 Å². The predicted molar refractivity (Wildman–Crippen MR) is 159 cm³/mol. The van der Waals surface area contributed by atoms with Gasteiger partial charge < -0.3 is 10.2 Å². The molecular formula is C32H44N6O3. The Labute approximate surface area is 242 Å². The fraction of sp³-hybridized carbons (Fsp3) is 0.688. The lowest BCUT2D eigenvalue weighted by Crippen LogP contribution is -2.50. The van der Waals surface area contributed by atoms with Gasteiger partial charge in [0.2, 0.25) is 11.8 Å². The van der Waals surface area contributed by atoms with E-state index in [9.17, 15) is 14.4 Å². The zero-order valence-electron chi connectivity index (χ0n) is 24.4. The van der Waals surface area contributed by atoms with Gasteiger partial charge in [-0.25, -0.2) is 4.98 Å². The number of amides is 2. The topological polar surface area (TPSA) is 99.6 Å². The van der Waals surface area contributed by atoms with E-state index in [0.717, 1.165) is 62.7 Å². The summed E-state index contributed by atoms with van der Waals surface area (Å²) in [5, 5.41) is 6.33. The van der Waals surface area contributed by atoms with Crippen molar-refractivity contribution in [2.75, 3.05) is 51.1 Å². The number of piperidine rings is 1. The number of benzene rings is 1. The second kappa shape index (κ2) is 10.8. The summed E-state index contributed by atoms with van der Waals surface area (Å²) in [5.41, 5.74) is 1.93. The van der Waals surface area contributed by atoms with E-state index in [1.54, 1.807) is 6.92 Å². The average molecular weight is 561 g/mol. The van der Waals surface area contributed by atoms with Gasteiger partial charge in [-0.3, -0.25) is 29.2 Å². The number of rotatable bonds is 8. The summed E-state index contributed by atoms with van der Waals surface area (Å²) in [4.78, 5) is 47.3. The Morgan fingerprint density at radius 2 is 1.61 bits per heavy atom. The zero-order valence-corrected chi connectivity index (χ0v) is 24.4. The average Bonchev–Trinajstić information content (AvgIpc) is 2.93. The van der Waals surface area contributed by atoms with E-state index in [1.807, 2.05) is 18.2 Å². The van der Waals surface area contributed by atoms with Crippen LogP contribution in [-0.4, -0.2) is 77.0 Å². The SMILES string of the molecule is Cc1nc2ccc(NCCN3CCN(CCC45CC6CC(CC(C6)C4)C5)CC3)cc2c(=O)n1C1CCC(=O)NC1=O. The molecule has 41 heavy (non-hydrogen) atoms. The lowest BCUT2D eigenvalue weighted by Gasteiger charge is -2.57. The summed E-state index contributed by atoms with van der Waals surface area (Å²) < 4.78 is 1.44. The van der Waals surface area contributed by atoms with Crippen LogP contribution >= 0.6 is 0 Å². The minimum absolute atomic E-state index is 0.220. The van der Waals surface area contributed by atoms with Crippen LogP contribution in [0.15, 0.2) is 23.0 Å². The number of hydrogen-bond acceptors (Lipinski definition) is 7. The first kappa shape index (κ1) is 27.1. The van der Waals surface area contributed by atoms with Crippen molar-refractivity contribution in [3.8, 4) is 0 Å². The van der Waals surface area contributed by atoms with E-state index < -0.39 is 11.9 Å². The molecular weight excluding hydrogens is 516 g/mol. The van der Waals surface area contributed by atoms with Crippen molar-refractivity contribution in [1.29, 1.82) is 0 Å². The van der Waals surface area contributed by atoms with E-state index >= 15 is 0 Å². The summed E-state index contributed by atoms with van der Waals surface area (Å²) in [5.74, 6) is 2.88. The van der Waals surface area contributed by atoms with Crippen LogP contribution in [0.1, 0.15) is 69.7 Å². The Kier molecular flexibility index (Phi) is 7.14. The molecule has 1 unspecified atom stereocenters. The maximum Gasteiger partial charge on any atom is 0.262 e. The standard InChI is InChI=1S/C32H44N6O3/c1-21-34-27-3-2-25(17-26(27)31(41)38(21)28-4-5-29(39)35-30(28)40)33-7-9-37-12-10-36(11-13-37)8-6-32-18-22-14-23(19-32)16-24(15-22)20-32/h2-3,17,22-24,28,33H,4-16,18-20H2,1H3,(H,35,39,40). The lowest BCUT2D eigenvalue weighted by atomic mass is 9.49. The smallest absolute Gasteiger partial charge is 0.262 e. The molecule has 4 bridgehead atoms. The molecule has 6 fully saturated rings. The Morgan fingerprint density at radius 1 is 0.951 bits per heavy atom. The van der Waals surface area contributed by atoms with Crippen LogP contribution in [0.3, 0.4) is 0 Å². The van der Waals surface area contributed by atoms with Gasteiger partial charge in [0.1, 0.15) is 11.9 Å². The second-order valence-electron chi connectivity index (χ2n) is 13.8. The van der Waals surface area contributed by atoms with Crippen molar-refractivity contribution < 1.29 is 9.59 Å². The van der Waals surface area contributed by atoms with Crippen LogP contribution in [0, 0.1) is 30.1 Å². The number of nitrogens with one attached hydrogen (secondary N) is 2. The Morgan fingerprint density at radius 3 is 2.27 bits per heavy atom. The fourth-order valence-corrected chi connectivity index (χ4v) is 9.30. The maximum atomic E-state index is 13.4. The first-order valence-corrected chi connectivity index (χ1v) is 15.9. The Bertz CT molecular complexity index is 1360. The van der Waals surface area contributed by atoms with Gasteiger partial charge in [0, 0.05) is 51.4 Å². The highest BCUT2D eigenvalue weighted by Crippen LogP contribution is 2.61. The summed E-state index contributed by atoms with van der Waals surface area (Å²) in [6.45, 7) is 9.33. The van der Waals surface area contributed by atoms with Crippen LogP contribution in [0.25, 0.3) is 10.9 Å². The number of aryl methyl sites for hydroxylation is 1. The molecule has 8 rings (SSSR count). The van der Waals surface area contributed by atoms with E-state index in [1.165, 1.54) is 56.1 Å². The van der Waals surface area contributed by atoms with Crippen molar-refractivity contribution in [3.63, 3.8) is 0 Å². The molecule has 1 aromatic carbocycles. The molecule has 4 aliphatic carbocycles. The molecule has 2 N–H and O–H groups in total. The van der Waals surface area contributed by atoms with Gasteiger partial charge >= 0.3 is 0 Å². The minimum Gasteiger partial charge on any atom is -0.384 e. The third-order valence-electron chi connectivity index (χ3n) is 10.9. The molecule has 0 radical (unpaired) electrons. The summed E-state index contributed by atoms with van der Waals surface area (Å²) in [6, 6.07) is 4.96. The zero-order chi connectivity index (χ0) is 28.1. The Hall–Kier alpha value is -2.78. The Balaban J connectivity index is 0.910. The monoisotopic (exact) mass is 560 g/mol. The normalized spacial score (nSPS) is 32.0. The first-order chi connectivity index (χ1) is 19.8. The first-order valence-electron chi connectivity index (χ1n) is 15.9. The predicted octanol–water partition coefficient (Wildman–Crippen LogP) is 3.32. The highest BCUT2D eigenvalue weighted by molar-refractivity contribution is 5.99. The van der Waals surface area contributed by atoms with Crippen LogP contribution in [0.2, 0.25) is 0 Å². The van der Waals surface area contributed by atoms with E-state index in [4.69, 9.17) is 0 Å². The molecule has 9 nitrogen and oxygen atoms in total. The molecule has 1 atom stereocenters. The van der Waals surface area contributed by atoms with Crippen molar-refractivity contribution in [2.45, 2.75) is 70.8 Å². The number of fused-ring (bicyclic) bond motifs is 1. The van der Waals surface area contributed by atoms with Crippen LogP contribution in [0.4, 0.5) is 5.69 Å². The van der Waals surface area contributed by atoms with E-state index in [0.29, 0.717) is 28.6 Å². The van der Waals surface area contributed by atoms with Crippen LogP contribution < -0.4 is 16.2 Å². The number of anilines is 1. The molecule has 3 heterocycles. The van der Waals surface area contributed by atoms with Crippen LogP contribution in [-0.2, 0) is 9.59 Å². The fourth-order valence-electron chi connectivity index (χ4n) is 9.30. The minimum atomic E-state index is -0.708. The molecule has 9 heteroatoms. The largest absolute Gasteiger partial charge is 0.384 e. The lowest BCUT2D eigenvalue weighted by molar-refractivity contribution is -0.135. The number of imide groups is 1. The quantitative estimate of drug-likeness (QED) is 0.478. The molecule has 0 spiro atoms. The van der Waals surface area contributed by atoms with Crippen molar-refractivity contribution in [3.05, 3.63) is 34.4 Å². The van der Waals surface area contributed by atoms with E-state index in [2.05, 4.69) is 25.4 Å². The van der Waals surface area contributed by atoms with Crippen molar-refractivity contribution in [2.24, 2.45) is 23.2 Å². The summed E-state index contributed by atoms with van der Waals surface area (Å²) in [7, 11) is 0. The number of aromatic nitrogens is 2. The molecule has 2 aromatic rings. The molecule has 2 saturated heterocycles. The number of piperazine rings is 1. The van der Waals surface area contributed by atoms with Gasteiger partial charge in [-0.1, -0.05) is 0 Å². The molecule has 4 saturated carbocycles. The van der Waals surface area contributed by atoms with Gasteiger partial charge in [-0.2, -0.15) is 0 Å². The number of hydrogen-bond donors (Lipinski definition) is 2. The molecule has 1 aromatic heterocycles. The van der Waals surface area contributed by atoms with Gasteiger partial charge in [-0.15, -0.1) is 0 Å². The van der Waals surface area contributed by atoms with Crippen molar-refractivity contribution >= 4 is 28.4 Å². The maximum absolute atomic E-state index is 13.4. The molecule has 2 aliphatic heterocycles. The third kappa shape index (κ3) is 5.43. The third-order valence-corrected chi connectivity index (χ3v) is 10.9. The van der Waals surface area contributed by atoms with Crippen LogP contribution in [0.5, 0.6) is 0 Å². The van der Waals surface area contributed by atoms with Crippen molar-refractivity contribution in [1.82, 2.24) is 24.7 Å². The number of carbonyl (C=O) groups is 2. The highest BCUT2D eigenvalue weighted by atomic mass is 16.2. The van der Waals surface area contributed by atoms with E-state index in [-0.39, 0.29) is 17.9 Å². The molecule has 6 aliphatic rings. The molecule has 220 valence electrons. The summed E-state index contributed by atoms with van der Waals surface area (Å²) in [6.07, 6.45) is 11.1. The molecule has 2 amide bonds. The number of nitrogens with zero attached hydrogens (tertiary/aromatic N) is 4. The second-order valence-corrected chi connectivity index (χ2v) is 13.8. The van der Waals surface area contributed by atoms with Gasteiger partial charge in [0.05, 0.1) is 10.9 Å². The van der Waals surface area contributed by atoms with Gasteiger partial charge in [-0.05, 0) is 106 Å². The van der Waals surface area contributed by atoms with Gasteiger partial charge in [0.15, 0.2) is 0 Å².